The normalized spacial score (nSPS) is 15.2. The van der Waals surface area contributed by atoms with E-state index in [1.807, 2.05) is 36.6 Å². The Balaban J connectivity index is 0.953. The fraction of sp³-hybridized carbons (Fsp3) is 0.413. The highest BCUT2D eigenvalue weighted by atomic mass is 35.5. The van der Waals surface area contributed by atoms with Crippen LogP contribution in [0.1, 0.15) is 58.8 Å². The first-order chi connectivity index (χ1) is 31.3. The predicted molar refractivity (Wildman–Crippen MR) is 253 cm³/mol. The molecule has 19 heteroatoms. The highest BCUT2D eigenvalue weighted by Crippen LogP contribution is 2.49. The molecule has 1 saturated heterocycles. The van der Waals surface area contributed by atoms with Crippen LogP contribution in [0.3, 0.4) is 0 Å². The number of fused-ring (bicyclic) bond motifs is 4. The summed E-state index contributed by atoms with van der Waals surface area (Å²) in [5.41, 5.74) is 15.7. The van der Waals surface area contributed by atoms with Gasteiger partial charge >= 0.3 is 18.2 Å². The van der Waals surface area contributed by atoms with E-state index in [0.29, 0.717) is 66.8 Å². The third kappa shape index (κ3) is 11.2. The molecule has 0 aliphatic carbocycles. The van der Waals surface area contributed by atoms with Gasteiger partial charge < -0.3 is 56.0 Å². The molecule has 346 valence electrons. The zero-order valence-corrected chi connectivity index (χ0v) is 38.4. The molecule has 2 atom stereocenters. The maximum absolute atomic E-state index is 14.3. The van der Waals surface area contributed by atoms with Crippen LogP contribution in [0.4, 0.5) is 25.8 Å². The number of carbonyl (C=O) groups is 5. The van der Waals surface area contributed by atoms with Crippen LogP contribution in [0.2, 0.25) is 0 Å². The molecule has 0 bridgehead atoms. The molecule has 2 aromatic heterocycles. The van der Waals surface area contributed by atoms with E-state index in [9.17, 15) is 24.0 Å². The number of aromatic nitrogens is 1. The number of urea groups is 1. The number of hydrogen-bond acceptors (Lipinski definition) is 11. The molecule has 7 rings (SSSR count). The Kier molecular flexibility index (Phi) is 15.3. The molecule has 65 heavy (non-hydrogen) atoms. The van der Waals surface area contributed by atoms with Crippen molar-refractivity contribution in [3.05, 3.63) is 82.4 Å². The molecule has 0 saturated carbocycles. The lowest BCUT2D eigenvalue weighted by atomic mass is 9.97. The number of amides is 6. The third-order valence-electron chi connectivity index (χ3n) is 11.7. The summed E-state index contributed by atoms with van der Waals surface area (Å²) < 4.78 is 18.4. The minimum atomic E-state index is -0.830. The molecule has 7 N–H and O–H groups in total. The molecule has 1 fully saturated rings. The number of carbonyl (C=O) groups excluding carboxylic acids is 5. The summed E-state index contributed by atoms with van der Waals surface area (Å²) in [4.78, 5) is 75.0. The molecule has 0 unspecified atom stereocenters. The van der Waals surface area contributed by atoms with Gasteiger partial charge in [0.1, 0.15) is 30.7 Å². The number of thiophene rings is 1. The lowest BCUT2D eigenvalue weighted by Gasteiger charge is -2.22. The average molecular weight is 931 g/mol. The van der Waals surface area contributed by atoms with Crippen molar-refractivity contribution < 1.29 is 38.2 Å². The minimum absolute atomic E-state index is 0.0362. The SMILES string of the molecule is Cc1csc2c(OC(=O)N(C)CCN(C)C(=O)OCc3ccc(NC(=O)[C@H](CCCN)NC(N)=O)cc3)cc3c(c12)[C@H](CCl)CN3C(=O)c1cc2cc(OCCN3CCCC3)ccc2[nH]1. The molecule has 17 nitrogen and oxygen atoms in total. The number of alkyl halides is 1. The summed E-state index contributed by atoms with van der Waals surface area (Å²) in [7, 11) is 3.14. The van der Waals surface area contributed by atoms with Crippen LogP contribution in [0.25, 0.3) is 21.0 Å². The van der Waals surface area contributed by atoms with Crippen molar-refractivity contribution in [2.24, 2.45) is 11.5 Å². The topological polar surface area (TPSA) is 218 Å². The molecule has 2 aliphatic heterocycles. The number of halogens is 1. The Morgan fingerprint density at radius 1 is 1.00 bits per heavy atom. The summed E-state index contributed by atoms with van der Waals surface area (Å²) >= 11 is 8.03. The standard InChI is InChI=1S/C46H56ClN9O8S/c1-28-27-65-41-38(64-46(61)54(3)18-17-53(2)45(60)63-26-29-8-10-32(11-9-29)50-42(57)35(7-6-14-48)52-44(49)59)23-37-40(39(28)41)31(24-47)25-56(37)43(58)36-22-30-21-33(12-13-34(30)51-36)62-20-19-55-15-4-5-16-55/h8-13,21-23,27,31,35,51H,4-7,14-20,24-26,48H2,1-3H3,(H,50,57)(H3,49,52,59)/t31-,35+/m1/s1. The van der Waals surface area contributed by atoms with E-state index in [2.05, 4.69) is 20.5 Å². The molecule has 5 aromatic rings. The van der Waals surface area contributed by atoms with E-state index >= 15 is 0 Å². The lowest BCUT2D eigenvalue weighted by molar-refractivity contribution is -0.118. The van der Waals surface area contributed by atoms with Crippen molar-refractivity contribution in [3.63, 3.8) is 0 Å². The Hall–Kier alpha value is -6.08. The Morgan fingerprint density at radius 3 is 2.45 bits per heavy atom. The van der Waals surface area contributed by atoms with Crippen LogP contribution < -0.4 is 36.5 Å². The van der Waals surface area contributed by atoms with E-state index in [0.717, 1.165) is 57.5 Å². The maximum Gasteiger partial charge on any atom is 0.415 e. The molecular weight excluding hydrogens is 874 g/mol. The number of rotatable bonds is 18. The number of anilines is 2. The first kappa shape index (κ1) is 46.9. The van der Waals surface area contributed by atoms with Gasteiger partial charge in [-0.2, -0.15) is 0 Å². The maximum atomic E-state index is 14.3. The predicted octanol–water partition coefficient (Wildman–Crippen LogP) is 6.56. The van der Waals surface area contributed by atoms with Crippen molar-refractivity contribution in [3.8, 4) is 11.5 Å². The number of aromatic amines is 1. The van der Waals surface area contributed by atoms with Gasteiger partial charge in [-0.15, -0.1) is 22.9 Å². The summed E-state index contributed by atoms with van der Waals surface area (Å²) in [5, 5.41) is 8.94. The summed E-state index contributed by atoms with van der Waals surface area (Å²) in [6, 6.07) is 14.4. The largest absolute Gasteiger partial charge is 0.492 e. The van der Waals surface area contributed by atoms with Crippen LogP contribution in [0, 0.1) is 6.92 Å². The van der Waals surface area contributed by atoms with Crippen LogP contribution in [-0.4, -0.2) is 128 Å². The van der Waals surface area contributed by atoms with Gasteiger partial charge in [0.05, 0.1) is 10.4 Å². The van der Waals surface area contributed by atoms with E-state index in [-0.39, 0.29) is 31.5 Å². The van der Waals surface area contributed by atoms with Gasteiger partial charge in [0.2, 0.25) is 5.91 Å². The van der Waals surface area contributed by atoms with Crippen LogP contribution in [0.5, 0.6) is 11.5 Å². The van der Waals surface area contributed by atoms with Crippen molar-refractivity contribution in [2.45, 2.75) is 51.2 Å². The van der Waals surface area contributed by atoms with Crippen molar-refractivity contribution >= 4 is 85.3 Å². The monoisotopic (exact) mass is 929 g/mol. The molecule has 3 aromatic carbocycles. The summed E-state index contributed by atoms with van der Waals surface area (Å²) in [6.07, 6.45) is 2.08. The van der Waals surface area contributed by atoms with E-state index in [1.54, 1.807) is 49.3 Å². The van der Waals surface area contributed by atoms with Crippen LogP contribution in [0.15, 0.2) is 60.0 Å². The minimum Gasteiger partial charge on any atom is -0.492 e. The van der Waals surface area contributed by atoms with Crippen LogP contribution >= 0.6 is 22.9 Å². The van der Waals surface area contributed by atoms with E-state index < -0.39 is 30.2 Å². The van der Waals surface area contributed by atoms with Gasteiger partial charge in [0.25, 0.3) is 5.91 Å². The van der Waals surface area contributed by atoms with Gasteiger partial charge in [-0.3, -0.25) is 14.5 Å². The number of nitrogens with one attached hydrogen (secondary N) is 3. The first-order valence-corrected chi connectivity index (χ1v) is 23.1. The molecule has 4 heterocycles. The molecule has 0 radical (unpaired) electrons. The smallest absolute Gasteiger partial charge is 0.415 e. The van der Waals surface area contributed by atoms with Gasteiger partial charge in [0.15, 0.2) is 5.75 Å². The second-order valence-corrected chi connectivity index (χ2v) is 17.7. The zero-order valence-electron chi connectivity index (χ0n) is 36.8. The number of hydrogen-bond donors (Lipinski definition) is 5. The summed E-state index contributed by atoms with van der Waals surface area (Å²) in [5.74, 6) is 0.565. The Morgan fingerprint density at radius 2 is 1.74 bits per heavy atom. The third-order valence-corrected chi connectivity index (χ3v) is 13.2. The van der Waals surface area contributed by atoms with Gasteiger partial charge in [-0.1, -0.05) is 12.1 Å². The Bertz CT molecular complexity index is 2530. The molecule has 6 amide bonds. The fourth-order valence-electron chi connectivity index (χ4n) is 8.14. The highest BCUT2D eigenvalue weighted by Gasteiger charge is 2.37. The number of H-pyrrole nitrogens is 1. The molecule has 2 aliphatic rings. The summed E-state index contributed by atoms with van der Waals surface area (Å²) in [6.45, 7) is 6.66. The zero-order chi connectivity index (χ0) is 46.2. The van der Waals surface area contributed by atoms with Gasteiger partial charge in [-0.25, -0.2) is 14.4 Å². The number of primary amides is 1. The lowest BCUT2D eigenvalue weighted by Crippen LogP contribution is -2.46. The number of likely N-dealkylation sites (N-methyl/N-ethyl adjacent to an activating group) is 2. The van der Waals surface area contributed by atoms with Crippen molar-refractivity contribution in [2.75, 3.05) is 82.6 Å². The number of aryl methyl sites for hydroxylation is 1. The highest BCUT2D eigenvalue weighted by molar-refractivity contribution is 7.17. The van der Waals surface area contributed by atoms with Crippen molar-refractivity contribution in [1.82, 2.24) is 25.0 Å². The molecule has 0 spiro atoms. The number of nitrogens with zero attached hydrogens (tertiary/aromatic N) is 4. The number of likely N-dealkylation sites (tertiary alicyclic amines) is 1. The second-order valence-electron chi connectivity index (χ2n) is 16.5. The first-order valence-electron chi connectivity index (χ1n) is 21.7. The second kappa shape index (κ2) is 21.3. The average Bonchev–Trinajstić information content (AvgIpc) is 4.12. The number of benzene rings is 3. The number of ether oxygens (including phenoxy) is 3. The van der Waals surface area contributed by atoms with Crippen molar-refractivity contribution in [1.29, 1.82) is 0 Å². The number of nitrogens with two attached hydrogens (primary N) is 2. The van der Waals surface area contributed by atoms with E-state index in [1.165, 1.54) is 34.0 Å². The van der Waals surface area contributed by atoms with E-state index in [4.69, 9.17) is 37.3 Å². The van der Waals surface area contributed by atoms with Gasteiger partial charge in [0, 0.05) is 80.1 Å². The fourth-order valence-corrected chi connectivity index (χ4v) is 9.41. The van der Waals surface area contributed by atoms with Gasteiger partial charge in [-0.05, 0) is 111 Å². The quantitative estimate of drug-likeness (QED) is 0.0596. The Labute approximate surface area is 386 Å². The van der Waals surface area contributed by atoms with Crippen LogP contribution in [-0.2, 0) is 16.1 Å². The molecular formula is C46H56ClN9O8S.